The number of morpholine rings is 1. The van der Waals surface area contributed by atoms with E-state index in [-0.39, 0.29) is 12.2 Å². The zero-order chi connectivity index (χ0) is 15.4. The van der Waals surface area contributed by atoms with Gasteiger partial charge in [-0.15, -0.1) is 11.3 Å². The molecule has 0 spiro atoms. The molecule has 2 fully saturated rings. The Labute approximate surface area is 136 Å². The second kappa shape index (κ2) is 7.44. The Balaban J connectivity index is 1.57. The maximum absolute atomic E-state index is 5.91. The summed E-state index contributed by atoms with van der Waals surface area (Å²) in [5.74, 6) is 0.957. The monoisotopic (exact) mass is 323 g/mol. The lowest BCUT2D eigenvalue weighted by Crippen LogP contribution is -2.53. The minimum absolute atomic E-state index is 0.165. The van der Waals surface area contributed by atoms with E-state index in [1.165, 1.54) is 10.4 Å². The minimum Gasteiger partial charge on any atom is -0.375 e. The number of aliphatic imine (C=N–C) groups is 1. The van der Waals surface area contributed by atoms with Crippen molar-refractivity contribution in [2.24, 2.45) is 4.99 Å². The van der Waals surface area contributed by atoms with Crippen LogP contribution in [0.1, 0.15) is 23.3 Å². The Kier molecular flexibility index (Phi) is 5.33. The molecular formula is C16H25N3O2S. The molecule has 1 N–H and O–H groups in total. The first-order valence-electron chi connectivity index (χ1n) is 7.99. The van der Waals surface area contributed by atoms with E-state index in [0.29, 0.717) is 0 Å². The van der Waals surface area contributed by atoms with E-state index >= 15 is 0 Å². The molecule has 2 unspecified atom stereocenters. The largest absolute Gasteiger partial charge is 0.375 e. The van der Waals surface area contributed by atoms with Gasteiger partial charge in [-0.2, -0.15) is 0 Å². The number of aryl methyl sites for hydroxylation is 1. The number of thiophene rings is 1. The highest BCUT2D eigenvalue weighted by Crippen LogP contribution is 2.21. The highest BCUT2D eigenvalue weighted by Gasteiger charge is 2.32. The molecule has 122 valence electrons. The van der Waals surface area contributed by atoms with Gasteiger partial charge in [-0.1, -0.05) is 0 Å². The Bertz CT molecular complexity index is 511. The number of nitrogens with one attached hydrogen (secondary N) is 1. The van der Waals surface area contributed by atoms with Crippen LogP contribution in [0.2, 0.25) is 0 Å². The molecule has 6 heteroatoms. The minimum atomic E-state index is 0.165. The molecule has 0 aliphatic carbocycles. The third-order valence-electron chi connectivity index (χ3n) is 4.36. The summed E-state index contributed by atoms with van der Waals surface area (Å²) >= 11 is 1.79. The van der Waals surface area contributed by atoms with Gasteiger partial charge in [0.05, 0.1) is 19.3 Å². The summed E-state index contributed by atoms with van der Waals surface area (Å²) in [5.41, 5.74) is 1.34. The first kappa shape index (κ1) is 15.8. The summed E-state index contributed by atoms with van der Waals surface area (Å²) in [6.07, 6.45) is 2.67. The van der Waals surface area contributed by atoms with Crippen molar-refractivity contribution in [3.63, 3.8) is 0 Å². The van der Waals surface area contributed by atoms with E-state index in [1.807, 2.05) is 7.05 Å². The molecule has 0 bridgehead atoms. The van der Waals surface area contributed by atoms with Crippen LogP contribution in [-0.2, 0) is 16.0 Å². The van der Waals surface area contributed by atoms with Crippen LogP contribution in [0.3, 0.4) is 0 Å². The van der Waals surface area contributed by atoms with Gasteiger partial charge in [0.1, 0.15) is 6.10 Å². The van der Waals surface area contributed by atoms with Gasteiger partial charge in [0, 0.05) is 31.6 Å². The van der Waals surface area contributed by atoms with E-state index in [4.69, 9.17) is 9.47 Å². The standard InChI is InChI=1S/C16H25N3O2S/c1-12-5-9-22-15(12)10-18-16(17-2)19-6-8-21-14(11-19)13-4-3-7-20-13/h5,9,13-14H,3-4,6-8,10-11H2,1-2H3,(H,17,18). The molecule has 3 heterocycles. The SMILES string of the molecule is CN=C(NCc1sccc1C)N1CCOC(C2CCCO2)C1. The number of hydrogen-bond acceptors (Lipinski definition) is 4. The summed E-state index contributed by atoms with van der Waals surface area (Å²) < 4.78 is 11.7. The number of ether oxygens (including phenoxy) is 2. The highest BCUT2D eigenvalue weighted by atomic mass is 32.1. The zero-order valence-electron chi connectivity index (χ0n) is 13.4. The van der Waals surface area contributed by atoms with Crippen LogP contribution in [0.5, 0.6) is 0 Å². The van der Waals surface area contributed by atoms with E-state index in [0.717, 1.165) is 51.6 Å². The maximum atomic E-state index is 5.91. The fraction of sp³-hybridized carbons (Fsp3) is 0.688. The summed E-state index contributed by atoms with van der Waals surface area (Å²) in [4.78, 5) is 8.10. The molecule has 1 aromatic rings. The van der Waals surface area contributed by atoms with Crippen LogP contribution in [0, 0.1) is 6.92 Å². The third kappa shape index (κ3) is 3.62. The van der Waals surface area contributed by atoms with Gasteiger partial charge in [-0.05, 0) is 36.8 Å². The molecule has 0 aromatic carbocycles. The molecule has 3 rings (SSSR count). The average Bonchev–Trinajstić information content (AvgIpc) is 3.20. The van der Waals surface area contributed by atoms with Gasteiger partial charge < -0.3 is 19.7 Å². The number of hydrogen-bond donors (Lipinski definition) is 1. The Morgan fingerprint density at radius 1 is 1.41 bits per heavy atom. The van der Waals surface area contributed by atoms with E-state index in [9.17, 15) is 0 Å². The molecule has 22 heavy (non-hydrogen) atoms. The van der Waals surface area contributed by atoms with Gasteiger partial charge >= 0.3 is 0 Å². The molecule has 0 saturated carbocycles. The van der Waals surface area contributed by atoms with Crippen molar-refractivity contribution in [1.29, 1.82) is 0 Å². The molecule has 0 amide bonds. The molecule has 2 saturated heterocycles. The molecule has 2 atom stereocenters. The van der Waals surface area contributed by atoms with Gasteiger partial charge in [-0.25, -0.2) is 0 Å². The quantitative estimate of drug-likeness (QED) is 0.683. The Morgan fingerprint density at radius 2 is 2.27 bits per heavy atom. The highest BCUT2D eigenvalue weighted by molar-refractivity contribution is 7.10. The van der Waals surface area contributed by atoms with Crippen molar-refractivity contribution >= 4 is 17.3 Å². The van der Waals surface area contributed by atoms with Crippen molar-refractivity contribution in [2.75, 3.05) is 33.4 Å². The van der Waals surface area contributed by atoms with Crippen LogP contribution < -0.4 is 5.32 Å². The Morgan fingerprint density at radius 3 is 2.95 bits per heavy atom. The summed E-state index contributed by atoms with van der Waals surface area (Å²) in [6.45, 7) is 6.33. The topological polar surface area (TPSA) is 46.1 Å². The molecule has 1 aromatic heterocycles. The molecule has 5 nitrogen and oxygen atoms in total. The van der Waals surface area contributed by atoms with E-state index < -0.39 is 0 Å². The van der Waals surface area contributed by atoms with E-state index in [1.54, 1.807) is 11.3 Å². The van der Waals surface area contributed by atoms with Gasteiger partial charge in [0.15, 0.2) is 5.96 Å². The van der Waals surface area contributed by atoms with Crippen molar-refractivity contribution in [2.45, 2.75) is 38.5 Å². The van der Waals surface area contributed by atoms with Crippen LogP contribution >= 0.6 is 11.3 Å². The number of rotatable bonds is 3. The van der Waals surface area contributed by atoms with E-state index in [2.05, 4.69) is 33.6 Å². The smallest absolute Gasteiger partial charge is 0.194 e. The predicted octanol–water partition coefficient (Wildman–Crippen LogP) is 2.01. The maximum Gasteiger partial charge on any atom is 0.194 e. The number of guanidine groups is 1. The summed E-state index contributed by atoms with van der Waals surface area (Å²) in [7, 11) is 1.85. The lowest BCUT2D eigenvalue weighted by atomic mass is 10.1. The fourth-order valence-corrected chi connectivity index (χ4v) is 3.91. The lowest BCUT2D eigenvalue weighted by molar-refractivity contribution is -0.0817. The summed E-state index contributed by atoms with van der Waals surface area (Å²) in [6, 6.07) is 2.16. The molecule has 2 aliphatic rings. The lowest BCUT2D eigenvalue weighted by Gasteiger charge is -2.37. The second-order valence-electron chi connectivity index (χ2n) is 5.83. The predicted molar refractivity (Wildman–Crippen MR) is 89.5 cm³/mol. The summed E-state index contributed by atoms with van der Waals surface area (Å²) in [5, 5.41) is 5.62. The van der Waals surface area contributed by atoms with Crippen molar-refractivity contribution in [3.05, 3.63) is 21.9 Å². The van der Waals surface area contributed by atoms with Crippen LogP contribution in [0.15, 0.2) is 16.4 Å². The second-order valence-corrected chi connectivity index (χ2v) is 6.83. The fourth-order valence-electron chi connectivity index (χ4n) is 3.07. The Hall–Kier alpha value is -1.11. The first-order chi connectivity index (χ1) is 10.8. The van der Waals surface area contributed by atoms with Crippen molar-refractivity contribution < 1.29 is 9.47 Å². The zero-order valence-corrected chi connectivity index (χ0v) is 14.2. The van der Waals surface area contributed by atoms with Crippen LogP contribution in [-0.4, -0.2) is 56.4 Å². The van der Waals surface area contributed by atoms with Crippen molar-refractivity contribution in [3.8, 4) is 0 Å². The molecular weight excluding hydrogens is 298 g/mol. The van der Waals surface area contributed by atoms with Gasteiger partial charge in [0.25, 0.3) is 0 Å². The van der Waals surface area contributed by atoms with Crippen LogP contribution in [0.4, 0.5) is 0 Å². The molecule has 2 aliphatic heterocycles. The van der Waals surface area contributed by atoms with Crippen molar-refractivity contribution in [1.82, 2.24) is 10.2 Å². The molecule has 0 radical (unpaired) electrons. The number of nitrogens with zero attached hydrogens (tertiary/aromatic N) is 2. The normalized spacial score (nSPS) is 26.5. The third-order valence-corrected chi connectivity index (χ3v) is 5.38. The van der Waals surface area contributed by atoms with Gasteiger partial charge in [-0.3, -0.25) is 4.99 Å². The average molecular weight is 323 g/mol. The first-order valence-corrected chi connectivity index (χ1v) is 8.87. The van der Waals surface area contributed by atoms with Gasteiger partial charge in [0.2, 0.25) is 0 Å². The van der Waals surface area contributed by atoms with Crippen LogP contribution in [0.25, 0.3) is 0 Å².